The van der Waals surface area contributed by atoms with Crippen LogP contribution in [0.15, 0.2) is 23.2 Å². The van der Waals surface area contributed by atoms with Gasteiger partial charge in [0.15, 0.2) is 0 Å². The second-order valence-corrected chi connectivity index (χ2v) is 4.82. The molecule has 0 spiro atoms. The quantitative estimate of drug-likeness (QED) is 0.836. The molecule has 2 atom stereocenters. The van der Waals surface area contributed by atoms with E-state index in [0.717, 1.165) is 17.1 Å². The highest BCUT2D eigenvalue weighted by molar-refractivity contribution is 5.82. The zero-order valence-electron chi connectivity index (χ0n) is 14.1. The van der Waals surface area contributed by atoms with Gasteiger partial charge in [0.25, 0.3) is 0 Å². The number of hydrogen-bond acceptors (Lipinski definition) is 5. The number of ether oxygens (including phenoxy) is 3. The Balaban J connectivity index is 2.20. The number of hydrogen-bond donors (Lipinski definition) is 0. The van der Waals surface area contributed by atoms with Crippen molar-refractivity contribution in [1.82, 2.24) is 4.90 Å². The molecule has 0 aromatic heterocycles. The predicted octanol–water partition coefficient (Wildman–Crippen LogP) is 2.34. The monoisotopic (exact) mass is 293 g/mol. The second-order valence-electron chi connectivity index (χ2n) is 4.82. The van der Waals surface area contributed by atoms with Crippen molar-refractivity contribution in [2.45, 2.75) is 26.4 Å². The van der Waals surface area contributed by atoms with Crippen LogP contribution in [0.25, 0.3) is 0 Å². The van der Waals surface area contributed by atoms with Crippen LogP contribution in [0.1, 0.15) is 20.8 Å². The Morgan fingerprint density at radius 3 is 2.86 bits per heavy atom. The van der Waals surface area contributed by atoms with Gasteiger partial charge in [0, 0.05) is 26.1 Å². The second kappa shape index (κ2) is 7.31. The van der Waals surface area contributed by atoms with E-state index in [-0.39, 0.29) is 12.6 Å². The number of nitrogens with zero attached hydrogens (tertiary/aromatic N) is 2. The van der Waals surface area contributed by atoms with Gasteiger partial charge in [-0.3, -0.25) is 9.89 Å². The minimum atomic E-state index is -0.383. The Morgan fingerprint density at radius 2 is 2.19 bits per heavy atom. The molecule has 2 rings (SSSR count). The summed E-state index contributed by atoms with van der Waals surface area (Å²) in [5.41, 5.74) is 1.02. The molecule has 0 amide bonds. The molecule has 0 saturated carbocycles. The van der Waals surface area contributed by atoms with Crippen LogP contribution in [-0.4, -0.2) is 50.7 Å². The van der Waals surface area contributed by atoms with Crippen molar-refractivity contribution in [2.24, 2.45) is 4.99 Å². The fourth-order valence-electron chi connectivity index (χ4n) is 2.36. The molecule has 5 heteroatoms. The molecule has 1 aromatic rings. The summed E-state index contributed by atoms with van der Waals surface area (Å²) in [7, 11) is 3.27. The average molecular weight is 293 g/mol. The van der Waals surface area contributed by atoms with Crippen LogP contribution in [0.2, 0.25) is 0 Å². The number of aliphatic imine (C=N–C) groups is 1. The zero-order chi connectivity index (χ0) is 16.1. The molecular weight excluding hydrogens is 268 g/mol. The smallest absolute Gasteiger partial charge is 0.200 e. The van der Waals surface area contributed by atoms with Gasteiger partial charge in [-0.05, 0) is 19.9 Å². The molecule has 1 aliphatic heterocycles. The van der Waals surface area contributed by atoms with E-state index >= 15 is 0 Å². The van der Waals surface area contributed by atoms with Gasteiger partial charge in [-0.1, -0.05) is 6.07 Å². The molecule has 0 fully saturated rings. The van der Waals surface area contributed by atoms with E-state index in [4.69, 9.17) is 15.6 Å². The molecule has 0 radical (unpaired) electrons. The van der Waals surface area contributed by atoms with E-state index in [1.807, 2.05) is 32.0 Å². The molecule has 1 aromatic carbocycles. The van der Waals surface area contributed by atoms with E-state index in [1.165, 1.54) is 0 Å². The average Bonchev–Trinajstić information content (AvgIpc) is 2.54. The first kappa shape index (κ1) is 14.2. The summed E-state index contributed by atoms with van der Waals surface area (Å²) in [6, 6.07) is 5.72. The maximum atomic E-state index is 8.23. The molecule has 1 heterocycles. The first-order valence-corrected chi connectivity index (χ1v) is 7.16. The van der Waals surface area contributed by atoms with Crippen molar-refractivity contribution in [3.8, 4) is 11.5 Å². The maximum Gasteiger partial charge on any atom is 0.200 e. The molecule has 0 aliphatic carbocycles. The summed E-state index contributed by atoms with van der Waals surface area (Å²) in [5, 5.41) is 0. The molecule has 21 heavy (non-hydrogen) atoms. The molecule has 0 unspecified atom stereocenters. The predicted molar refractivity (Wildman–Crippen MR) is 83.3 cm³/mol. The summed E-state index contributed by atoms with van der Waals surface area (Å²) in [6.07, 6.45) is 0. The highest BCUT2D eigenvalue weighted by atomic mass is 16.5. The molecule has 0 N–H and O–H groups in total. The van der Waals surface area contributed by atoms with Crippen molar-refractivity contribution >= 4 is 5.90 Å². The van der Waals surface area contributed by atoms with Gasteiger partial charge in [0.1, 0.15) is 11.5 Å². The van der Waals surface area contributed by atoms with Gasteiger partial charge in [-0.2, -0.15) is 0 Å². The topological polar surface area (TPSA) is 43.3 Å². The Kier molecular flexibility index (Phi) is 4.94. The van der Waals surface area contributed by atoms with Crippen LogP contribution in [0.3, 0.4) is 0 Å². The Hall–Kier alpha value is -1.75. The fourth-order valence-corrected chi connectivity index (χ4v) is 2.36. The van der Waals surface area contributed by atoms with Gasteiger partial charge >= 0.3 is 0 Å². The third-order valence-corrected chi connectivity index (χ3v) is 3.56. The standard InChI is InChI=1S/C16H24N2O3/c1-5-21-16-12(2)18(9-8-17-16)11-13-6-7-14(19-3)10-15(13)20-4/h6-7,10,12H,5,8-9,11H2,1-4H3/t12-/m0/s1/i9D/t9-,12-. The summed E-state index contributed by atoms with van der Waals surface area (Å²) >= 11 is 0. The van der Waals surface area contributed by atoms with Gasteiger partial charge in [0.05, 0.1) is 33.4 Å². The highest BCUT2D eigenvalue weighted by Gasteiger charge is 2.25. The number of methoxy groups -OCH3 is 2. The molecule has 0 saturated heterocycles. The van der Waals surface area contributed by atoms with Crippen LogP contribution in [0.5, 0.6) is 11.5 Å². The summed E-state index contributed by atoms with van der Waals surface area (Å²) < 4.78 is 24.5. The van der Waals surface area contributed by atoms with Crippen LogP contribution in [0.4, 0.5) is 0 Å². The van der Waals surface area contributed by atoms with Crippen LogP contribution in [0, 0.1) is 0 Å². The minimum absolute atomic E-state index is 0.0250. The van der Waals surface area contributed by atoms with Crippen LogP contribution >= 0.6 is 0 Å². The van der Waals surface area contributed by atoms with Crippen molar-refractivity contribution < 1.29 is 15.6 Å². The summed E-state index contributed by atoms with van der Waals surface area (Å²) in [5.74, 6) is 2.23. The summed E-state index contributed by atoms with van der Waals surface area (Å²) in [6.45, 7) is 5.20. The number of rotatable bonds is 5. The van der Waals surface area contributed by atoms with Gasteiger partial charge < -0.3 is 14.2 Å². The van der Waals surface area contributed by atoms with Crippen LogP contribution < -0.4 is 9.47 Å². The Bertz CT molecular complexity index is 536. The van der Waals surface area contributed by atoms with Crippen LogP contribution in [-0.2, 0) is 11.3 Å². The van der Waals surface area contributed by atoms with Gasteiger partial charge in [-0.25, -0.2) is 0 Å². The lowest BCUT2D eigenvalue weighted by Crippen LogP contribution is -2.44. The minimum Gasteiger partial charge on any atom is -0.497 e. The van der Waals surface area contributed by atoms with E-state index in [1.54, 1.807) is 14.2 Å². The molecule has 5 nitrogen and oxygen atoms in total. The van der Waals surface area contributed by atoms with E-state index in [0.29, 0.717) is 25.6 Å². The molecule has 0 bridgehead atoms. The largest absolute Gasteiger partial charge is 0.497 e. The first-order chi connectivity index (χ1) is 10.6. The molecule has 116 valence electrons. The lowest BCUT2D eigenvalue weighted by atomic mass is 10.1. The van der Waals surface area contributed by atoms with E-state index in [2.05, 4.69) is 9.89 Å². The molecule has 1 aliphatic rings. The fraction of sp³-hybridized carbons (Fsp3) is 0.562. The molecular formula is C16H24N2O3. The van der Waals surface area contributed by atoms with Crippen molar-refractivity contribution in [3.05, 3.63) is 23.8 Å². The SMILES string of the molecule is [2H][C@H]1CN=C(OCC)[C@H](C)N1Cc1ccc(OC)cc1OC. The van der Waals surface area contributed by atoms with Crippen molar-refractivity contribution in [2.75, 3.05) is 33.9 Å². The first-order valence-electron chi connectivity index (χ1n) is 7.74. The lowest BCUT2D eigenvalue weighted by Gasteiger charge is -2.32. The third-order valence-electron chi connectivity index (χ3n) is 3.56. The Labute approximate surface area is 127 Å². The van der Waals surface area contributed by atoms with Crippen molar-refractivity contribution in [1.29, 1.82) is 0 Å². The van der Waals surface area contributed by atoms with Crippen molar-refractivity contribution in [3.63, 3.8) is 0 Å². The zero-order valence-corrected chi connectivity index (χ0v) is 13.1. The van der Waals surface area contributed by atoms with E-state index in [9.17, 15) is 0 Å². The highest BCUT2D eigenvalue weighted by Crippen LogP contribution is 2.26. The van der Waals surface area contributed by atoms with Gasteiger partial charge in [0.2, 0.25) is 5.90 Å². The normalized spacial score (nSPS) is 23.2. The lowest BCUT2D eigenvalue weighted by molar-refractivity contribution is 0.192. The number of benzene rings is 1. The van der Waals surface area contributed by atoms with Gasteiger partial charge in [-0.15, -0.1) is 0 Å². The van der Waals surface area contributed by atoms with E-state index < -0.39 is 0 Å². The Morgan fingerprint density at radius 1 is 1.38 bits per heavy atom. The maximum absolute atomic E-state index is 8.23. The third kappa shape index (κ3) is 3.67. The summed E-state index contributed by atoms with van der Waals surface area (Å²) in [4.78, 5) is 6.41.